The Morgan fingerprint density at radius 3 is 2.55 bits per heavy atom. The molecule has 0 radical (unpaired) electrons. The summed E-state index contributed by atoms with van der Waals surface area (Å²) in [5.74, 6) is -1.51. The number of hydrogen-bond acceptors (Lipinski definition) is 5. The SMILES string of the molecule is NC(CC(N)c1ccc(F)cc1)NC(=NCC1CCO1)NC(=O)c1ccc(Cl)c(F)c1. The van der Waals surface area contributed by atoms with Crippen molar-refractivity contribution < 1.29 is 18.3 Å². The fourth-order valence-corrected chi connectivity index (χ4v) is 3.03. The van der Waals surface area contributed by atoms with Crippen molar-refractivity contribution in [3.63, 3.8) is 0 Å². The van der Waals surface area contributed by atoms with Crippen LogP contribution in [0.1, 0.15) is 34.8 Å². The molecular weight excluding hydrogens is 428 g/mol. The molecule has 1 saturated heterocycles. The van der Waals surface area contributed by atoms with E-state index in [1.54, 1.807) is 12.1 Å². The molecular formula is C21H24ClF2N5O2. The van der Waals surface area contributed by atoms with Crippen molar-refractivity contribution in [1.29, 1.82) is 0 Å². The molecule has 6 N–H and O–H groups in total. The van der Waals surface area contributed by atoms with E-state index in [1.807, 2.05) is 0 Å². The maximum Gasteiger partial charge on any atom is 0.258 e. The van der Waals surface area contributed by atoms with Gasteiger partial charge in [0.25, 0.3) is 5.91 Å². The van der Waals surface area contributed by atoms with Crippen molar-refractivity contribution in [1.82, 2.24) is 10.6 Å². The second-order valence-electron chi connectivity index (χ2n) is 7.20. The van der Waals surface area contributed by atoms with Crippen LogP contribution in [0.4, 0.5) is 8.78 Å². The quantitative estimate of drug-likeness (QED) is 0.293. The van der Waals surface area contributed by atoms with Crippen molar-refractivity contribution in [2.45, 2.75) is 31.2 Å². The van der Waals surface area contributed by atoms with Crippen molar-refractivity contribution in [3.05, 3.63) is 70.2 Å². The number of halogens is 3. The molecule has 1 aliphatic heterocycles. The standard InChI is InChI=1S/C21H24ClF2N5O2/c22-16-6-3-13(9-17(16)24)20(30)29-21(27-11-15-7-8-31-15)28-19(26)10-18(25)12-1-4-14(23)5-2-12/h1-6,9,15,18-19H,7-8,10-11,25-26H2,(H2,27,28,29,30). The number of guanidine groups is 1. The van der Waals surface area contributed by atoms with Crippen LogP contribution >= 0.6 is 11.6 Å². The molecule has 10 heteroatoms. The molecule has 0 saturated carbocycles. The maximum atomic E-state index is 13.7. The average molecular weight is 452 g/mol. The number of carbonyl (C=O) groups excluding carboxylic acids is 1. The first-order valence-electron chi connectivity index (χ1n) is 9.77. The second-order valence-corrected chi connectivity index (χ2v) is 7.61. The van der Waals surface area contributed by atoms with Gasteiger partial charge in [-0.05, 0) is 48.7 Å². The van der Waals surface area contributed by atoms with Gasteiger partial charge in [-0.2, -0.15) is 0 Å². The lowest BCUT2D eigenvalue weighted by atomic mass is 10.0. The third-order valence-corrected chi connectivity index (χ3v) is 5.09. The van der Waals surface area contributed by atoms with Crippen molar-refractivity contribution >= 4 is 23.5 Å². The highest BCUT2D eigenvalue weighted by Crippen LogP contribution is 2.17. The summed E-state index contributed by atoms with van der Waals surface area (Å²) in [6.07, 6.45) is 0.465. The average Bonchev–Trinajstić information content (AvgIpc) is 2.69. The van der Waals surface area contributed by atoms with Crippen molar-refractivity contribution in [3.8, 4) is 0 Å². The van der Waals surface area contributed by atoms with Gasteiger partial charge in [-0.25, -0.2) is 8.78 Å². The summed E-state index contributed by atoms with van der Waals surface area (Å²) in [5, 5.41) is 5.44. The topological polar surface area (TPSA) is 115 Å². The third kappa shape index (κ3) is 6.70. The molecule has 166 valence electrons. The number of amides is 1. The molecule has 1 fully saturated rings. The summed E-state index contributed by atoms with van der Waals surface area (Å²) >= 11 is 5.67. The molecule has 0 aliphatic carbocycles. The Hall–Kier alpha value is -2.59. The minimum absolute atomic E-state index is 0.0284. The third-order valence-electron chi connectivity index (χ3n) is 4.79. The number of nitrogens with zero attached hydrogens (tertiary/aromatic N) is 1. The van der Waals surface area contributed by atoms with Gasteiger partial charge in [0.2, 0.25) is 0 Å². The van der Waals surface area contributed by atoms with Crippen LogP contribution in [0.3, 0.4) is 0 Å². The monoisotopic (exact) mass is 451 g/mol. The molecule has 3 rings (SSSR count). The number of benzene rings is 2. The lowest BCUT2D eigenvalue weighted by Crippen LogP contribution is -2.50. The van der Waals surface area contributed by atoms with E-state index in [4.69, 9.17) is 27.8 Å². The molecule has 0 bridgehead atoms. The molecule has 3 atom stereocenters. The highest BCUT2D eigenvalue weighted by atomic mass is 35.5. The van der Waals surface area contributed by atoms with Gasteiger partial charge in [-0.1, -0.05) is 23.7 Å². The Labute approximate surface area is 183 Å². The van der Waals surface area contributed by atoms with Crippen molar-refractivity contribution in [2.24, 2.45) is 16.5 Å². The summed E-state index contributed by atoms with van der Waals surface area (Å²) in [6.45, 7) is 1.000. The highest BCUT2D eigenvalue weighted by Gasteiger charge is 2.20. The molecule has 2 aromatic carbocycles. The maximum absolute atomic E-state index is 13.7. The molecule has 1 aliphatic rings. The molecule has 7 nitrogen and oxygen atoms in total. The van der Waals surface area contributed by atoms with E-state index < -0.39 is 23.9 Å². The number of ether oxygens (including phenoxy) is 1. The lowest BCUT2D eigenvalue weighted by Gasteiger charge is -2.26. The van der Waals surface area contributed by atoms with Gasteiger partial charge < -0.3 is 21.5 Å². The van der Waals surface area contributed by atoms with E-state index in [0.717, 1.165) is 18.1 Å². The zero-order chi connectivity index (χ0) is 22.4. The second kappa shape index (κ2) is 10.6. The lowest BCUT2D eigenvalue weighted by molar-refractivity contribution is -0.0433. The Morgan fingerprint density at radius 1 is 1.23 bits per heavy atom. The van der Waals surface area contributed by atoms with Crippen molar-refractivity contribution in [2.75, 3.05) is 13.2 Å². The van der Waals surface area contributed by atoms with Crippen LogP contribution in [0.25, 0.3) is 0 Å². The van der Waals surface area contributed by atoms with Crippen LogP contribution in [-0.4, -0.2) is 37.3 Å². The summed E-state index contributed by atoms with van der Waals surface area (Å²) in [7, 11) is 0. The van der Waals surface area contributed by atoms with E-state index in [0.29, 0.717) is 13.2 Å². The van der Waals surface area contributed by atoms with Crippen LogP contribution in [0.5, 0.6) is 0 Å². The van der Waals surface area contributed by atoms with Gasteiger partial charge in [0, 0.05) is 18.2 Å². The Morgan fingerprint density at radius 2 is 1.94 bits per heavy atom. The first-order valence-corrected chi connectivity index (χ1v) is 10.1. The summed E-state index contributed by atoms with van der Waals surface area (Å²) < 4.78 is 32.1. The van der Waals surface area contributed by atoms with E-state index >= 15 is 0 Å². The van der Waals surface area contributed by atoms with E-state index in [9.17, 15) is 13.6 Å². The van der Waals surface area contributed by atoms with Crippen LogP contribution in [0, 0.1) is 11.6 Å². The molecule has 31 heavy (non-hydrogen) atoms. The van der Waals surface area contributed by atoms with E-state index in [-0.39, 0.29) is 34.9 Å². The zero-order valence-corrected chi connectivity index (χ0v) is 17.4. The largest absolute Gasteiger partial charge is 0.376 e. The number of aliphatic imine (C=N–C) groups is 1. The molecule has 0 spiro atoms. The first-order chi connectivity index (χ1) is 14.8. The smallest absolute Gasteiger partial charge is 0.258 e. The zero-order valence-electron chi connectivity index (χ0n) is 16.7. The fraction of sp³-hybridized carbons (Fsp3) is 0.333. The highest BCUT2D eigenvalue weighted by molar-refractivity contribution is 6.30. The summed E-state index contributed by atoms with van der Waals surface area (Å²) in [4.78, 5) is 16.9. The van der Waals surface area contributed by atoms with Gasteiger partial charge in [-0.15, -0.1) is 0 Å². The van der Waals surface area contributed by atoms with Crippen LogP contribution < -0.4 is 22.1 Å². The van der Waals surface area contributed by atoms with E-state index in [2.05, 4.69) is 15.6 Å². The molecule has 3 unspecified atom stereocenters. The first kappa shape index (κ1) is 23.1. The molecule has 1 amide bonds. The number of nitrogens with one attached hydrogen (secondary N) is 2. The normalized spacial score (nSPS) is 18.1. The van der Waals surface area contributed by atoms with Gasteiger partial charge in [-0.3, -0.25) is 15.1 Å². The predicted molar refractivity (Wildman–Crippen MR) is 115 cm³/mol. The van der Waals surface area contributed by atoms with Gasteiger partial charge in [0.1, 0.15) is 11.6 Å². The predicted octanol–water partition coefficient (Wildman–Crippen LogP) is 2.46. The minimum Gasteiger partial charge on any atom is -0.376 e. The number of rotatable bonds is 7. The Balaban J connectivity index is 1.65. The van der Waals surface area contributed by atoms with Gasteiger partial charge in [0.05, 0.1) is 23.8 Å². The number of carbonyl (C=O) groups is 1. The number of nitrogens with two attached hydrogens (primary N) is 2. The minimum atomic E-state index is -0.703. The van der Waals surface area contributed by atoms with Gasteiger partial charge >= 0.3 is 0 Å². The summed E-state index contributed by atoms with van der Waals surface area (Å²) in [5.41, 5.74) is 13.1. The fourth-order valence-electron chi connectivity index (χ4n) is 2.91. The molecule has 0 aromatic heterocycles. The molecule has 1 heterocycles. The van der Waals surface area contributed by atoms with Crippen LogP contribution in [0.2, 0.25) is 5.02 Å². The van der Waals surface area contributed by atoms with Crippen LogP contribution in [-0.2, 0) is 4.74 Å². The summed E-state index contributed by atoms with van der Waals surface area (Å²) in [6, 6.07) is 9.10. The Kier molecular flexibility index (Phi) is 7.91. The molecule has 2 aromatic rings. The number of hydrogen-bond donors (Lipinski definition) is 4. The van der Waals surface area contributed by atoms with Gasteiger partial charge in [0.15, 0.2) is 5.96 Å². The van der Waals surface area contributed by atoms with E-state index in [1.165, 1.54) is 24.3 Å². The Bertz CT molecular complexity index is 938. The van der Waals surface area contributed by atoms with Crippen LogP contribution in [0.15, 0.2) is 47.5 Å².